The second-order valence-electron chi connectivity index (χ2n) is 6.58. The van der Waals surface area contributed by atoms with Crippen molar-refractivity contribution >= 4 is 11.6 Å². The SMILES string of the molecule is COc1cc2c(cc1OC)C(c1ccc(F)cc1)(C(C)CCCl)OCC2. The van der Waals surface area contributed by atoms with Crippen LogP contribution in [0.3, 0.4) is 0 Å². The minimum absolute atomic E-state index is 0.0996. The van der Waals surface area contributed by atoms with E-state index in [1.54, 1.807) is 26.4 Å². The Kier molecular flexibility index (Phi) is 5.73. The van der Waals surface area contributed by atoms with Crippen LogP contribution >= 0.6 is 11.6 Å². The van der Waals surface area contributed by atoms with Gasteiger partial charge in [-0.1, -0.05) is 19.1 Å². The molecule has 2 aromatic rings. The molecule has 0 aromatic heterocycles. The molecule has 1 heterocycles. The van der Waals surface area contributed by atoms with Gasteiger partial charge in [0.1, 0.15) is 11.4 Å². The topological polar surface area (TPSA) is 27.7 Å². The Morgan fingerprint density at radius 3 is 2.42 bits per heavy atom. The zero-order valence-electron chi connectivity index (χ0n) is 15.4. The van der Waals surface area contributed by atoms with Crippen LogP contribution in [-0.4, -0.2) is 26.7 Å². The van der Waals surface area contributed by atoms with Crippen LogP contribution in [0.2, 0.25) is 0 Å². The molecule has 26 heavy (non-hydrogen) atoms. The van der Waals surface area contributed by atoms with Crippen LogP contribution < -0.4 is 9.47 Å². The highest BCUT2D eigenvalue weighted by atomic mass is 35.5. The van der Waals surface area contributed by atoms with E-state index in [2.05, 4.69) is 6.92 Å². The van der Waals surface area contributed by atoms with Crippen molar-refractivity contribution in [1.29, 1.82) is 0 Å². The van der Waals surface area contributed by atoms with Gasteiger partial charge in [-0.25, -0.2) is 4.39 Å². The van der Waals surface area contributed by atoms with Gasteiger partial charge in [0.05, 0.1) is 20.8 Å². The molecule has 3 rings (SSSR count). The van der Waals surface area contributed by atoms with Gasteiger partial charge in [0.25, 0.3) is 0 Å². The molecule has 3 nitrogen and oxygen atoms in total. The lowest BCUT2D eigenvalue weighted by molar-refractivity contribution is -0.0673. The molecule has 0 spiro atoms. The van der Waals surface area contributed by atoms with Crippen LogP contribution in [0, 0.1) is 11.7 Å². The molecule has 0 saturated heterocycles. The van der Waals surface area contributed by atoms with Crippen LogP contribution in [0.25, 0.3) is 0 Å². The van der Waals surface area contributed by atoms with Crippen molar-refractivity contribution in [3.05, 3.63) is 58.9 Å². The molecule has 0 bridgehead atoms. The van der Waals surface area contributed by atoms with E-state index in [0.29, 0.717) is 24.0 Å². The maximum atomic E-state index is 13.5. The van der Waals surface area contributed by atoms with E-state index in [1.165, 1.54) is 12.1 Å². The minimum Gasteiger partial charge on any atom is -0.493 e. The third-order valence-corrected chi connectivity index (χ3v) is 5.44. The molecule has 2 atom stereocenters. The fraction of sp³-hybridized carbons (Fsp3) is 0.429. The molecule has 0 aliphatic carbocycles. The second kappa shape index (κ2) is 7.85. The summed E-state index contributed by atoms with van der Waals surface area (Å²) < 4.78 is 31.0. The lowest BCUT2D eigenvalue weighted by atomic mass is 9.72. The highest BCUT2D eigenvalue weighted by Crippen LogP contribution is 2.48. The van der Waals surface area contributed by atoms with Crippen LogP contribution in [0.1, 0.15) is 30.0 Å². The number of rotatable bonds is 6. The predicted octanol–water partition coefficient (Wildman–Crippen LogP) is 4.92. The molecule has 2 aromatic carbocycles. The first kappa shape index (κ1) is 19.0. The Bertz CT molecular complexity index is 763. The van der Waals surface area contributed by atoms with Crippen LogP contribution in [0.15, 0.2) is 36.4 Å². The van der Waals surface area contributed by atoms with Crippen molar-refractivity contribution in [1.82, 2.24) is 0 Å². The summed E-state index contributed by atoms with van der Waals surface area (Å²) >= 11 is 6.06. The highest BCUT2D eigenvalue weighted by Gasteiger charge is 2.44. The summed E-state index contributed by atoms with van der Waals surface area (Å²) in [5, 5.41) is 0. The zero-order chi connectivity index (χ0) is 18.7. The van der Waals surface area contributed by atoms with Crippen molar-refractivity contribution in [2.24, 2.45) is 5.92 Å². The number of halogens is 2. The monoisotopic (exact) mass is 378 g/mol. The molecule has 0 amide bonds. The van der Waals surface area contributed by atoms with Gasteiger partial charge < -0.3 is 14.2 Å². The molecule has 1 aliphatic heterocycles. The number of hydrogen-bond donors (Lipinski definition) is 0. The normalized spacial score (nSPS) is 20.3. The van der Waals surface area contributed by atoms with Gasteiger partial charge in [0, 0.05) is 5.88 Å². The number of fused-ring (bicyclic) bond motifs is 1. The first-order valence-electron chi connectivity index (χ1n) is 8.78. The number of alkyl halides is 1. The zero-order valence-corrected chi connectivity index (χ0v) is 16.1. The summed E-state index contributed by atoms with van der Waals surface area (Å²) in [7, 11) is 3.25. The largest absolute Gasteiger partial charge is 0.493 e. The first-order chi connectivity index (χ1) is 12.6. The van der Waals surface area contributed by atoms with E-state index in [-0.39, 0.29) is 11.7 Å². The Morgan fingerprint density at radius 1 is 1.15 bits per heavy atom. The van der Waals surface area contributed by atoms with Crippen molar-refractivity contribution in [2.45, 2.75) is 25.4 Å². The van der Waals surface area contributed by atoms with Crippen LogP contribution in [0.4, 0.5) is 4.39 Å². The molecule has 5 heteroatoms. The Hall–Kier alpha value is -1.78. The summed E-state index contributed by atoms with van der Waals surface area (Å²) in [6, 6.07) is 10.5. The first-order valence-corrected chi connectivity index (χ1v) is 9.31. The summed E-state index contributed by atoms with van der Waals surface area (Å²) in [6.45, 7) is 2.70. The van der Waals surface area contributed by atoms with Crippen molar-refractivity contribution in [3.63, 3.8) is 0 Å². The Labute approximate surface area is 159 Å². The van der Waals surface area contributed by atoms with Gasteiger partial charge in [-0.05, 0) is 59.7 Å². The van der Waals surface area contributed by atoms with Gasteiger partial charge in [-0.3, -0.25) is 0 Å². The molecule has 1 aliphatic rings. The van der Waals surface area contributed by atoms with E-state index in [4.69, 9.17) is 25.8 Å². The molecule has 140 valence electrons. The fourth-order valence-electron chi connectivity index (χ4n) is 3.87. The minimum atomic E-state index is -0.699. The third-order valence-electron chi connectivity index (χ3n) is 5.22. The van der Waals surface area contributed by atoms with E-state index < -0.39 is 5.60 Å². The van der Waals surface area contributed by atoms with Crippen molar-refractivity contribution in [2.75, 3.05) is 26.7 Å². The van der Waals surface area contributed by atoms with Gasteiger partial charge in [0.2, 0.25) is 0 Å². The van der Waals surface area contributed by atoms with Crippen molar-refractivity contribution in [3.8, 4) is 11.5 Å². The van der Waals surface area contributed by atoms with Gasteiger partial charge in [-0.2, -0.15) is 0 Å². The number of hydrogen-bond acceptors (Lipinski definition) is 3. The number of benzene rings is 2. The summed E-state index contributed by atoms with van der Waals surface area (Å²) in [5.41, 5.74) is 2.41. The Balaban J connectivity index is 2.25. The van der Waals surface area contributed by atoms with Gasteiger partial charge in [-0.15, -0.1) is 11.6 Å². The smallest absolute Gasteiger partial charge is 0.161 e. The van der Waals surface area contributed by atoms with E-state index in [0.717, 1.165) is 29.5 Å². The fourth-order valence-corrected chi connectivity index (χ4v) is 4.20. The Morgan fingerprint density at radius 2 is 1.81 bits per heavy atom. The van der Waals surface area contributed by atoms with Crippen molar-refractivity contribution < 1.29 is 18.6 Å². The van der Waals surface area contributed by atoms with Crippen LogP contribution in [-0.2, 0) is 16.8 Å². The summed E-state index contributed by atoms with van der Waals surface area (Å²) in [4.78, 5) is 0. The molecule has 0 radical (unpaired) electrons. The standard InChI is InChI=1S/C21H24ClFO3/c1-14(8-10-22)21(16-4-6-17(23)7-5-16)18-13-20(25-3)19(24-2)12-15(18)9-11-26-21/h4-7,12-14H,8-11H2,1-3H3. The highest BCUT2D eigenvalue weighted by molar-refractivity contribution is 6.17. The second-order valence-corrected chi connectivity index (χ2v) is 6.96. The number of methoxy groups -OCH3 is 2. The van der Waals surface area contributed by atoms with Gasteiger partial charge in [0.15, 0.2) is 11.5 Å². The quantitative estimate of drug-likeness (QED) is 0.667. The molecule has 0 N–H and O–H groups in total. The molecule has 2 unspecified atom stereocenters. The maximum absolute atomic E-state index is 13.5. The number of ether oxygens (including phenoxy) is 3. The van der Waals surface area contributed by atoms with E-state index in [1.807, 2.05) is 12.1 Å². The van der Waals surface area contributed by atoms with Gasteiger partial charge >= 0.3 is 0 Å². The molecule has 0 fully saturated rings. The lowest BCUT2D eigenvalue weighted by Crippen LogP contribution is -2.42. The third kappa shape index (κ3) is 3.17. The van der Waals surface area contributed by atoms with Crippen LogP contribution in [0.5, 0.6) is 11.5 Å². The lowest BCUT2D eigenvalue weighted by Gasteiger charge is -2.44. The summed E-state index contributed by atoms with van der Waals surface area (Å²) in [5.74, 6) is 1.71. The molecular formula is C21H24ClFO3. The average Bonchev–Trinajstić information content (AvgIpc) is 2.67. The summed E-state index contributed by atoms with van der Waals surface area (Å²) in [6.07, 6.45) is 1.55. The van der Waals surface area contributed by atoms with E-state index in [9.17, 15) is 4.39 Å². The molecular weight excluding hydrogens is 355 g/mol. The average molecular weight is 379 g/mol. The predicted molar refractivity (Wildman–Crippen MR) is 101 cm³/mol. The maximum Gasteiger partial charge on any atom is 0.161 e. The molecule has 0 saturated carbocycles. The van der Waals surface area contributed by atoms with E-state index >= 15 is 0 Å².